The maximum Gasteiger partial charge on any atom is 0.326 e. The number of ether oxygens (including phenoxy) is 1. The lowest BCUT2D eigenvalue weighted by atomic mass is 10.1. The number of aliphatic carboxylic acids is 1. The van der Waals surface area contributed by atoms with Gasteiger partial charge in [0.15, 0.2) is 0 Å². The van der Waals surface area contributed by atoms with Crippen LogP contribution in [-0.2, 0) is 16.1 Å². The van der Waals surface area contributed by atoms with Crippen LogP contribution in [0.1, 0.15) is 35.8 Å². The number of anilines is 1. The highest BCUT2D eigenvalue weighted by molar-refractivity contribution is 6.32. The molecule has 0 aliphatic carbocycles. The van der Waals surface area contributed by atoms with Crippen molar-refractivity contribution in [3.8, 4) is 11.4 Å². The zero-order valence-electron chi connectivity index (χ0n) is 15.8. The summed E-state index contributed by atoms with van der Waals surface area (Å²) in [5.41, 5.74) is 1.75. The Hall–Kier alpha value is -2.78. The highest BCUT2D eigenvalue weighted by Crippen LogP contribution is 2.30. The standard InChI is InChI=1S/C19H20ClN5O4/c1-10(18(27)28)25-9-11-2-3-14(23-15(11)17(25)26)16-13(20)8-21-19(24-16)22-12-4-6-29-7-5-12/h2-3,8,10,12H,4-7,9H2,1H3,(H,27,28)(H,21,22,24)/t10-/m1/s1. The molecule has 0 spiro atoms. The summed E-state index contributed by atoms with van der Waals surface area (Å²) in [6, 6.07) is 2.78. The molecule has 0 bridgehead atoms. The topological polar surface area (TPSA) is 118 Å². The van der Waals surface area contributed by atoms with E-state index in [9.17, 15) is 14.7 Å². The SMILES string of the molecule is C[C@H](C(=O)O)N1Cc2ccc(-c3nc(NC4CCOCC4)ncc3Cl)nc2C1=O. The predicted octanol–water partition coefficient (Wildman–Crippen LogP) is 2.21. The van der Waals surface area contributed by atoms with E-state index in [0.29, 0.717) is 41.1 Å². The average molecular weight is 418 g/mol. The van der Waals surface area contributed by atoms with Crippen LogP contribution in [0.2, 0.25) is 5.02 Å². The van der Waals surface area contributed by atoms with Crippen molar-refractivity contribution in [3.05, 3.63) is 34.6 Å². The molecule has 0 unspecified atom stereocenters. The Morgan fingerprint density at radius 1 is 1.31 bits per heavy atom. The number of hydrogen-bond acceptors (Lipinski definition) is 7. The fraction of sp³-hybridized carbons (Fsp3) is 0.421. The van der Waals surface area contributed by atoms with E-state index in [2.05, 4.69) is 20.3 Å². The van der Waals surface area contributed by atoms with E-state index < -0.39 is 17.9 Å². The number of pyridine rings is 1. The summed E-state index contributed by atoms with van der Waals surface area (Å²) in [6.07, 6.45) is 3.23. The van der Waals surface area contributed by atoms with Gasteiger partial charge in [0.25, 0.3) is 5.91 Å². The first kappa shape index (κ1) is 19.5. The molecule has 0 radical (unpaired) electrons. The van der Waals surface area contributed by atoms with Crippen LogP contribution in [0.25, 0.3) is 11.4 Å². The Labute approximate surface area is 172 Å². The number of rotatable bonds is 5. The number of nitrogens with one attached hydrogen (secondary N) is 1. The first-order valence-corrected chi connectivity index (χ1v) is 9.72. The van der Waals surface area contributed by atoms with Gasteiger partial charge in [-0.15, -0.1) is 0 Å². The number of aromatic nitrogens is 3. The summed E-state index contributed by atoms with van der Waals surface area (Å²) in [7, 11) is 0. The Morgan fingerprint density at radius 3 is 2.79 bits per heavy atom. The van der Waals surface area contributed by atoms with E-state index in [-0.39, 0.29) is 18.3 Å². The Kier molecular flexibility index (Phi) is 5.33. The van der Waals surface area contributed by atoms with Gasteiger partial charge in [-0.25, -0.2) is 19.7 Å². The summed E-state index contributed by atoms with van der Waals surface area (Å²) in [6.45, 7) is 3.07. The van der Waals surface area contributed by atoms with Crippen molar-refractivity contribution in [2.45, 2.75) is 38.4 Å². The van der Waals surface area contributed by atoms with Crippen molar-refractivity contribution in [2.24, 2.45) is 0 Å². The molecular weight excluding hydrogens is 398 g/mol. The third-order valence-electron chi connectivity index (χ3n) is 5.15. The number of amides is 1. The number of carbonyl (C=O) groups is 2. The first-order valence-electron chi connectivity index (χ1n) is 9.35. The van der Waals surface area contributed by atoms with E-state index in [0.717, 1.165) is 12.8 Å². The van der Waals surface area contributed by atoms with Gasteiger partial charge >= 0.3 is 5.97 Å². The molecule has 1 fully saturated rings. The maximum absolute atomic E-state index is 12.7. The lowest BCUT2D eigenvalue weighted by molar-refractivity contribution is -0.141. The number of hydrogen-bond donors (Lipinski definition) is 2. The zero-order valence-corrected chi connectivity index (χ0v) is 16.5. The van der Waals surface area contributed by atoms with Gasteiger partial charge in [-0.1, -0.05) is 17.7 Å². The second-order valence-corrected chi connectivity index (χ2v) is 7.48. The summed E-state index contributed by atoms with van der Waals surface area (Å²) in [5, 5.41) is 12.8. The normalized spacial score (nSPS) is 17.9. The molecule has 29 heavy (non-hydrogen) atoms. The molecule has 1 amide bonds. The first-order chi connectivity index (χ1) is 13.9. The minimum Gasteiger partial charge on any atom is -0.480 e. The number of fused-ring (bicyclic) bond motifs is 1. The predicted molar refractivity (Wildman–Crippen MR) is 105 cm³/mol. The molecule has 2 aromatic heterocycles. The second kappa shape index (κ2) is 7.92. The van der Waals surface area contributed by atoms with Gasteiger partial charge in [-0.3, -0.25) is 4.79 Å². The second-order valence-electron chi connectivity index (χ2n) is 7.07. The molecule has 2 N–H and O–H groups in total. The van der Waals surface area contributed by atoms with Crippen LogP contribution < -0.4 is 5.32 Å². The van der Waals surface area contributed by atoms with Crippen molar-refractivity contribution >= 4 is 29.4 Å². The van der Waals surface area contributed by atoms with Crippen molar-refractivity contribution < 1.29 is 19.4 Å². The van der Waals surface area contributed by atoms with Crippen molar-refractivity contribution in [2.75, 3.05) is 18.5 Å². The molecule has 2 aromatic rings. The summed E-state index contributed by atoms with van der Waals surface area (Å²) < 4.78 is 5.36. The van der Waals surface area contributed by atoms with E-state index >= 15 is 0 Å². The van der Waals surface area contributed by atoms with Gasteiger partial charge in [0.05, 0.1) is 16.9 Å². The molecule has 4 rings (SSSR count). The molecule has 2 aliphatic rings. The highest BCUT2D eigenvalue weighted by Gasteiger charge is 2.35. The summed E-state index contributed by atoms with van der Waals surface area (Å²) in [4.78, 5) is 38.4. The van der Waals surface area contributed by atoms with E-state index in [1.54, 1.807) is 12.1 Å². The van der Waals surface area contributed by atoms with Gasteiger partial charge in [0, 0.05) is 31.4 Å². The smallest absolute Gasteiger partial charge is 0.326 e. The fourth-order valence-electron chi connectivity index (χ4n) is 3.41. The van der Waals surface area contributed by atoms with Crippen LogP contribution in [-0.4, -0.2) is 62.1 Å². The third kappa shape index (κ3) is 3.88. The molecule has 1 atom stereocenters. The molecule has 0 aromatic carbocycles. The van der Waals surface area contributed by atoms with E-state index in [4.69, 9.17) is 16.3 Å². The largest absolute Gasteiger partial charge is 0.480 e. The van der Waals surface area contributed by atoms with Crippen LogP contribution in [0.5, 0.6) is 0 Å². The van der Waals surface area contributed by atoms with Crippen LogP contribution >= 0.6 is 11.6 Å². The zero-order chi connectivity index (χ0) is 20.5. The van der Waals surface area contributed by atoms with Crippen LogP contribution in [0, 0.1) is 0 Å². The van der Waals surface area contributed by atoms with Crippen LogP contribution in [0.3, 0.4) is 0 Å². The number of nitrogens with zero attached hydrogens (tertiary/aromatic N) is 4. The average Bonchev–Trinajstić information content (AvgIpc) is 3.05. The summed E-state index contributed by atoms with van der Waals surface area (Å²) >= 11 is 6.30. The van der Waals surface area contributed by atoms with Crippen molar-refractivity contribution in [1.29, 1.82) is 0 Å². The van der Waals surface area contributed by atoms with Crippen LogP contribution in [0.15, 0.2) is 18.3 Å². The Morgan fingerprint density at radius 2 is 2.07 bits per heavy atom. The molecule has 0 saturated carbocycles. The summed E-state index contributed by atoms with van der Waals surface area (Å²) in [5.74, 6) is -1.04. The number of carbonyl (C=O) groups excluding carboxylic acids is 1. The van der Waals surface area contributed by atoms with Crippen LogP contribution in [0.4, 0.5) is 5.95 Å². The Balaban J connectivity index is 1.61. The molecule has 4 heterocycles. The molecule has 9 nitrogen and oxygen atoms in total. The van der Waals surface area contributed by atoms with Gasteiger partial charge < -0.3 is 20.1 Å². The molecule has 2 aliphatic heterocycles. The number of carboxylic acid groups (broad SMARTS) is 1. The maximum atomic E-state index is 12.7. The van der Waals surface area contributed by atoms with Gasteiger partial charge in [-0.2, -0.15) is 0 Å². The van der Waals surface area contributed by atoms with Crippen molar-refractivity contribution in [3.63, 3.8) is 0 Å². The number of carboxylic acids is 1. The lowest BCUT2D eigenvalue weighted by Crippen LogP contribution is -2.39. The van der Waals surface area contributed by atoms with Gasteiger partial charge in [0.2, 0.25) is 5.95 Å². The monoisotopic (exact) mass is 417 g/mol. The highest BCUT2D eigenvalue weighted by atomic mass is 35.5. The third-order valence-corrected chi connectivity index (χ3v) is 5.43. The van der Waals surface area contributed by atoms with Gasteiger partial charge in [0.1, 0.15) is 17.4 Å². The number of halogens is 1. The minimum atomic E-state index is -1.06. The molecular formula is C19H20ClN5O4. The molecule has 152 valence electrons. The quantitative estimate of drug-likeness (QED) is 0.760. The lowest BCUT2D eigenvalue weighted by Gasteiger charge is -2.23. The van der Waals surface area contributed by atoms with Crippen molar-refractivity contribution in [1.82, 2.24) is 19.9 Å². The minimum absolute atomic E-state index is 0.211. The van der Waals surface area contributed by atoms with Gasteiger partial charge in [-0.05, 0) is 25.8 Å². The van der Waals surface area contributed by atoms with E-state index in [1.165, 1.54) is 18.0 Å². The Bertz CT molecular complexity index is 964. The molecule has 10 heteroatoms. The molecule has 1 saturated heterocycles. The fourth-order valence-corrected chi connectivity index (χ4v) is 3.60. The van der Waals surface area contributed by atoms with E-state index in [1.807, 2.05) is 0 Å².